The standard InChI is InChI=1S/C15H14N4O2/c1-10-5-4-6-12(18-10)15(21)14(20)11-7-8-13(16-2)19(9-11)17-3/h4-9H,3H2,1-2H3. The van der Waals surface area contributed by atoms with Crippen LogP contribution in [-0.4, -0.2) is 35.0 Å². The molecule has 0 aliphatic heterocycles. The van der Waals surface area contributed by atoms with Gasteiger partial charge < -0.3 is 0 Å². The van der Waals surface area contributed by atoms with E-state index in [2.05, 4.69) is 21.8 Å². The number of aryl methyl sites for hydroxylation is 1. The largest absolute Gasteiger partial charge is 0.285 e. The molecule has 0 saturated carbocycles. The first-order valence-corrected chi connectivity index (χ1v) is 6.22. The maximum Gasteiger partial charge on any atom is 0.251 e. The maximum atomic E-state index is 12.2. The lowest BCUT2D eigenvalue weighted by atomic mass is 10.1. The fourth-order valence-electron chi connectivity index (χ4n) is 1.82. The second-order valence-corrected chi connectivity index (χ2v) is 4.31. The highest BCUT2D eigenvalue weighted by atomic mass is 16.2. The van der Waals surface area contributed by atoms with Crippen LogP contribution in [0.4, 0.5) is 0 Å². The van der Waals surface area contributed by atoms with Crippen molar-refractivity contribution in [2.45, 2.75) is 6.92 Å². The van der Waals surface area contributed by atoms with Crippen LogP contribution in [0.25, 0.3) is 0 Å². The Morgan fingerprint density at radius 3 is 2.57 bits per heavy atom. The van der Waals surface area contributed by atoms with Gasteiger partial charge in [0.05, 0.1) is 0 Å². The zero-order valence-electron chi connectivity index (χ0n) is 11.8. The zero-order chi connectivity index (χ0) is 15.4. The summed E-state index contributed by atoms with van der Waals surface area (Å²) in [5.41, 5.74) is 1.55. The number of hydrogen-bond acceptors (Lipinski definition) is 5. The number of aromatic nitrogens is 2. The summed E-state index contributed by atoms with van der Waals surface area (Å²) in [6.07, 6.45) is 1.42. The smallest absolute Gasteiger partial charge is 0.251 e. The molecule has 0 aliphatic carbocycles. The summed E-state index contributed by atoms with van der Waals surface area (Å²) in [5, 5.41) is 3.72. The predicted molar refractivity (Wildman–Crippen MR) is 78.5 cm³/mol. The molecule has 0 fully saturated rings. The SMILES string of the molecule is C=Nn1cc(C(=O)C(=O)c2cccc(C)n2)ccc1=NC. The third kappa shape index (κ3) is 3.00. The van der Waals surface area contributed by atoms with Crippen molar-refractivity contribution < 1.29 is 9.59 Å². The number of ketones is 2. The molecule has 6 heteroatoms. The van der Waals surface area contributed by atoms with Gasteiger partial charge in [0.1, 0.15) is 11.2 Å². The third-order valence-electron chi connectivity index (χ3n) is 2.88. The summed E-state index contributed by atoms with van der Waals surface area (Å²) in [7, 11) is 1.60. The molecule has 0 aliphatic rings. The normalized spacial score (nSPS) is 11.2. The number of nitrogens with zero attached hydrogens (tertiary/aromatic N) is 4. The number of rotatable bonds is 4. The second-order valence-electron chi connectivity index (χ2n) is 4.31. The Morgan fingerprint density at radius 1 is 1.19 bits per heavy atom. The third-order valence-corrected chi connectivity index (χ3v) is 2.88. The minimum absolute atomic E-state index is 0.127. The molecule has 0 spiro atoms. The van der Waals surface area contributed by atoms with Crippen molar-refractivity contribution in [2.75, 3.05) is 7.05 Å². The van der Waals surface area contributed by atoms with E-state index in [-0.39, 0.29) is 11.3 Å². The van der Waals surface area contributed by atoms with Gasteiger partial charge in [-0.1, -0.05) is 6.07 Å². The first-order valence-electron chi connectivity index (χ1n) is 6.22. The molecule has 2 rings (SSSR count). The molecule has 0 aromatic carbocycles. The van der Waals surface area contributed by atoms with Crippen molar-refractivity contribution in [1.82, 2.24) is 9.66 Å². The van der Waals surface area contributed by atoms with E-state index in [1.807, 2.05) is 0 Å². The van der Waals surface area contributed by atoms with E-state index in [1.165, 1.54) is 23.0 Å². The lowest BCUT2D eigenvalue weighted by Crippen LogP contribution is -2.21. The van der Waals surface area contributed by atoms with Crippen molar-refractivity contribution in [3.8, 4) is 0 Å². The Kier molecular flexibility index (Phi) is 4.18. The molecule has 0 unspecified atom stereocenters. The quantitative estimate of drug-likeness (QED) is 0.481. The monoisotopic (exact) mass is 282 g/mol. The van der Waals surface area contributed by atoms with Crippen LogP contribution < -0.4 is 5.49 Å². The van der Waals surface area contributed by atoms with Crippen LogP contribution in [0.2, 0.25) is 0 Å². The average Bonchev–Trinajstić information content (AvgIpc) is 2.52. The average molecular weight is 282 g/mol. The topological polar surface area (TPSA) is 76.7 Å². The molecule has 0 saturated heterocycles. The first-order chi connectivity index (χ1) is 10.1. The molecule has 0 N–H and O–H groups in total. The lowest BCUT2D eigenvalue weighted by molar-refractivity contribution is 0.0813. The van der Waals surface area contributed by atoms with Gasteiger partial charge in [0, 0.05) is 31.2 Å². The van der Waals surface area contributed by atoms with Crippen LogP contribution in [-0.2, 0) is 0 Å². The fourth-order valence-corrected chi connectivity index (χ4v) is 1.82. The van der Waals surface area contributed by atoms with E-state index in [4.69, 9.17) is 0 Å². The van der Waals surface area contributed by atoms with E-state index in [0.29, 0.717) is 11.2 Å². The van der Waals surface area contributed by atoms with Crippen LogP contribution in [0.15, 0.2) is 46.6 Å². The van der Waals surface area contributed by atoms with Crippen LogP contribution >= 0.6 is 0 Å². The van der Waals surface area contributed by atoms with Crippen molar-refractivity contribution in [1.29, 1.82) is 0 Å². The van der Waals surface area contributed by atoms with E-state index < -0.39 is 11.6 Å². The number of hydrogen-bond donors (Lipinski definition) is 0. The highest BCUT2D eigenvalue weighted by Crippen LogP contribution is 2.06. The Balaban J connectivity index is 2.41. The van der Waals surface area contributed by atoms with Crippen LogP contribution in [0.1, 0.15) is 26.5 Å². The summed E-state index contributed by atoms with van der Waals surface area (Å²) >= 11 is 0. The summed E-state index contributed by atoms with van der Waals surface area (Å²) < 4.78 is 1.34. The summed E-state index contributed by atoms with van der Waals surface area (Å²) in [6, 6.07) is 8.09. The van der Waals surface area contributed by atoms with Crippen LogP contribution in [0.5, 0.6) is 0 Å². The molecular formula is C15H14N4O2. The summed E-state index contributed by atoms with van der Waals surface area (Å²) in [4.78, 5) is 32.4. The summed E-state index contributed by atoms with van der Waals surface area (Å²) in [5.74, 6) is -1.30. The van der Waals surface area contributed by atoms with Gasteiger partial charge >= 0.3 is 0 Å². The van der Waals surface area contributed by atoms with Crippen molar-refractivity contribution in [3.63, 3.8) is 0 Å². The Hall–Kier alpha value is -2.89. The highest BCUT2D eigenvalue weighted by molar-refractivity contribution is 6.48. The summed E-state index contributed by atoms with van der Waals surface area (Å²) in [6.45, 7) is 5.16. The highest BCUT2D eigenvalue weighted by Gasteiger charge is 2.20. The van der Waals surface area contributed by atoms with Gasteiger partial charge in [-0.15, -0.1) is 0 Å². The lowest BCUT2D eigenvalue weighted by Gasteiger charge is -2.04. The first kappa shape index (κ1) is 14.5. The van der Waals surface area contributed by atoms with Gasteiger partial charge in [0.15, 0.2) is 0 Å². The van der Waals surface area contributed by atoms with E-state index >= 15 is 0 Å². The van der Waals surface area contributed by atoms with E-state index in [9.17, 15) is 9.59 Å². The molecule has 0 bridgehead atoms. The molecule has 2 aromatic rings. The van der Waals surface area contributed by atoms with Crippen LogP contribution in [0, 0.1) is 6.92 Å². The molecule has 0 atom stereocenters. The molecular weight excluding hydrogens is 268 g/mol. The van der Waals surface area contributed by atoms with Crippen molar-refractivity contribution >= 4 is 18.3 Å². The number of carbonyl (C=O) groups is 2. The molecule has 0 radical (unpaired) electrons. The number of pyridine rings is 2. The van der Waals surface area contributed by atoms with Crippen LogP contribution in [0.3, 0.4) is 0 Å². The minimum Gasteiger partial charge on any atom is -0.285 e. The number of Topliss-reactive ketones (excluding diaryl/α,β-unsaturated/α-hetero) is 2. The Labute approximate surface area is 121 Å². The van der Waals surface area contributed by atoms with Gasteiger partial charge in [-0.3, -0.25) is 14.6 Å². The second kappa shape index (κ2) is 6.04. The fraction of sp³-hybridized carbons (Fsp3) is 0.133. The Morgan fingerprint density at radius 2 is 1.95 bits per heavy atom. The van der Waals surface area contributed by atoms with E-state index in [0.717, 1.165) is 0 Å². The molecule has 21 heavy (non-hydrogen) atoms. The molecule has 2 heterocycles. The zero-order valence-corrected chi connectivity index (χ0v) is 11.8. The predicted octanol–water partition coefficient (Wildman–Crippen LogP) is 1.25. The van der Waals surface area contributed by atoms with Gasteiger partial charge in [-0.25, -0.2) is 9.66 Å². The van der Waals surface area contributed by atoms with Gasteiger partial charge in [0.25, 0.3) is 5.78 Å². The maximum absolute atomic E-state index is 12.2. The van der Waals surface area contributed by atoms with Gasteiger partial charge in [-0.05, 0) is 31.2 Å². The van der Waals surface area contributed by atoms with E-state index in [1.54, 1.807) is 32.2 Å². The minimum atomic E-state index is -0.657. The molecule has 106 valence electrons. The number of carbonyl (C=O) groups excluding carboxylic acids is 2. The molecule has 6 nitrogen and oxygen atoms in total. The van der Waals surface area contributed by atoms with Crippen molar-refractivity contribution in [2.24, 2.45) is 10.1 Å². The molecule has 0 amide bonds. The molecule has 2 aromatic heterocycles. The van der Waals surface area contributed by atoms with Crippen molar-refractivity contribution in [3.05, 3.63) is 59.0 Å². The van der Waals surface area contributed by atoms with Gasteiger partial charge in [-0.2, -0.15) is 5.10 Å². The van der Waals surface area contributed by atoms with Gasteiger partial charge in [0.2, 0.25) is 5.78 Å². The Bertz CT molecular complexity index is 790.